The monoisotopic (exact) mass is 220 g/mol. The molecule has 1 N–H and O–H groups in total. The van der Waals surface area contributed by atoms with Gasteiger partial charge < -0.3 is 9.84 Å². The first-order valence-electron chi connectivity index (χ1n) is 5.16. The van der Waals surface area contributed by atoms with Crippen LogP contribution in [0.3, 0.4) is 0 Å². The van der Waals surface area contributed by atoms with E-state index < -0.39 is 0 Å². The van der Waals surface area contributed by atoms with E-state index in [4.69, 9.17) is 0 Å². The molecule has 0 radical (unpaired) electrons. The van der Waals surface area contributed by atoms with Gasteiger partial charge in [-0.25, -0.2) is 0 Å². The minimum Gasteiger partial charge on any atom is -0.508 e. The van der Waals surface area contributed by atoms with Crippen LogP contribution in [0.5, 0.6) is 5.75 Å². The number of ether oxygens (including phenoxy) is 1. The molecule has 0 saturated heterocycles. The third-order valence-corrected chi connectivity index (χ3v) is 2.33. The number of methoxy groups -OCH3 is 1. The van der Waals surface area contributed by atoms with Gasteiger partial charge in [-0.3, -0.25) is 4.79 Å². The summed E-state index contributed by atoms with van der Waals surface area (Å²) >= 11 is 0. The van der Waals surface area contributed by atoms with Gasteiger partial charge in [0, 0.05) is 6.42 Å². The van der Waals surface area contributed by atoms with Crippen molar-refractivity contribution in [1.29, 1.82) is 0 Å². The first kappa shape index (κ1) is 12.3. The lowest BCUT2D eigenvalue weighted by atomic mass is 10.1. The van der Waals surface area contributed by atoms with E-state index in [1.54, 1.807) is 18.2 Å². The van der Waals surface area contributed by atoms with E-state index in [2.05, 4.69) is 4.74 Å². The Labute approximate surface area is 95.4 Å². The van der Waals surface area contributed by atoms with Crippen LogP contribution in [-0.4, -0.2) is 18.2 Å². The highest BCUT2D eigenvalue weighted by Gasteiger charge is 1.99. The van der Waals surface area contributed by atoms with E-state index in [1.165, 1.54) is 7.11 Å². The highest BCUT2D eigenvalue weighted by atomic mass is 16.5. The molecule has 86 valence electrons. The van der Waals surface area contributed by atoms with Crippen LogP contribution in [0.1, 0.15) is 25.3 Å². The molecule has 16 heavy (non-hydrogen) atoms. The lowest BCUT2D eigenvalue weighted by Crippen LogP contribution is -1.98. The second kappa shape index (κ2) is 5.95. The first-order chi connectivity index (χ1) is 7.63. The van der Waals surface area contributed by atoms with E-state index in [9.17, 15) is 9.90 Å². The molecule has 1 aromatic carbocycles. The number of carbonyl (C=O) groups is 1. The summed E-state index contributed by atoms with van der Waals surface area (Å²) in [7, 11) is 1.38. The van der Waals surface area contributed by atoms with Gasteiger partial charge in [-0.05, 0) is 36.6 Å². The number of rotatable bonds is 4. The standard InChI is InChI=1S/C13H16O3/c1-10(5-3-8-13(15)16-2)11-6-4-7-12(14)9-11/h4-7,9,14H,3,8H2,1-2H3. The maximum absolute atomic E-state index is 10.9. The Morgan fingerprint density at radius 1 is 1.50 bits per heavy atom. The van der Waals surface area contributed by atoms with Gasteiger partial charge in [0.1, 0.15) is 5.75 Å². The lowest BCUT2D eigenvalue weighted by molar-refractivity contribution is -0.140. The van der Waals surface area contributed by atoms with Crippen molar-refractivity contribution in [3.05, 3.63) is 35.9 Å². The maximum atomic E-state index is 10.9. The number of carbonyl (C=O) groups excluding carboxylic acids is 1. The van der Waals surface area contributed by atoms with Crippen LogP contribution in [-0.2, 0) is 9.53 Å². The van der Waals surface area contributed by atoms with Gasteiger partial charge in [0.25, 0.3) is 0 Å². The summed E-state index contributed by atoms with van der Waals surface area (Å²) in [5.74, 6) is 0.0400. The molecule has 0 aromatic heterocycles. The average Bonchev–Trinajstić information content (AvgIpc) is 2.28. The van der Waals surface area contributed by atoms with E-state index >= 15 is 0 Å². The smallest absolute Gasteiger partial charge is 0.305 e. The van der Waals surface area contributed by atoms with Gasteiger partial charge in [-0.1, -0.05) is 18.2 Å². The molecule has 3 heteroatoms. The van der Waals surface area contributed by atoms with E-state index in [0.29, 0.717) is 12.8 Å². The van der Waals surface area contributed by atoms with Gasteiger partial charge in [0.2, 0.25) is 0 Å². The highest BCUT2D eigenvalue weighted by Crippen LogP contribution is 2.19. The van der Waals surface area contributed by atoms with Crippen LogP contribution in [0.15, 0.2) is 30.3 Å². The number of phenols is 1. The summed E-state index contributed by atoms with van der Waals surface area (Å²) in [4.78, 5) is 10.9. The molecule has 0 bridgehead atoms. The summed E-state index contributed by atoms with van der Waals surface area (Å²) < 4.78 is 4.55. The minimum absolute atomic E-state index is 0.208. The second-order valence-corrected chi connectivity index (χ2v) is 3.55. The Balaban J connectivity index is 2.60. The third-order valence-electron chi connectivity index (χ3n) is 2.33. The zero-order valence-electron chi connectivity index (χ0n) is 9.56. The molecular weight excluding hydrogens is 204 g/mol. The van der Waals surface area contributed by atoms with Gasteiger partial charge in [0.15, 0.2) is 0 Å². The topological polar surface area (TPSA) is 46.5 Å². The summed E-state index contributed by atoms with van der Waals surface area (Å²) in [6.07, 6.45) is 2.99. The molecule has 0 heterocycles. The maximum Gasteiger partial charge on any atom is 0.305 e. The molecule has 1 rings (SSSR count). The number of benzene rings is 1. The number of hydrogen-bond donors (Lipinski definition) is 1. The summed E-state index contributed by atoms with van der Waals surface area (Å²) in [6, 6.07) is 7.04. The zero-order chi connectivity index (χ0) is 12.0. The molecule has 0 aliphatic heterocycles. The Morgan fingerprint density at radius 2 is 2.25 bits per heavy atom. The van der Waals surface area contributed by atoms with E-state index in [-0.39, 0.29) is 11.7 Å². The highest BCUT2D eigenvalue weighted by molar-refractivity contribution is 5.70. The number of aromatic hydroxyl groups is 1. The summed E-state index contributed by atoms with van der Waals surface area (Å²) in [6.45, 7) is 1.95. The molecule has 1 aromatic rings. The van der Waals surface area contributed by atoms with Crippen molar-refractivity contribution in [1.82, 2.24) is 0 Å². The van der Waals surface area contributed by atoms with Crippen molar-refractivity contribution in [3.8, 4) is 5.75 Å². The minimum atomic E-state index is -0.208. The van der Waals surface area contributed by atoms with Crippen molar-refractivity contribution < 1.29 is 14.6 Å². The van der Waals surface area contributed by atoms with E-state index in [0.717, 1.165) is 11.1 Å². The van der Waals surface area contributed by atoms with Gasteiger partial charge in [0.05, 0.1) is 7.11 Å². The fraction of sp³-hybridized carbons (Fsp3) is 0.308. The molecule has 0 atom stereocenters. The van der Waals surface area contributed by atoms with Crippen LogP contribution in [0.4, 0.5) is 0 Å². The van der Waals surface area contributed by atoms with Crippen LogP contribution in [0.2, 0.25) is 0 Å². The predicted molar refractivity (Wildman–Crippen MR) is 63.0 cm³/mol. The number of esters is 1. The Kier molecular flexibility index (Phi) is 4.58. The molecule has 0 amide bonds. The molecule has 0 spiro atoms. The second-order valence-electron chi connectivity index (χ2n) is 3.55. The summed E-state index contributed by atoms with van der Waals surface area (Å²) in [5.41, 5.74) is 2.00. The fourth-order valence-corrected chi connectivity index (χ4v) is 1.38. The molecule has 3 nitrogen and oxygen atoms in total. The van der Waals surface area contributed by atoms with Crippen molar-refractivity contribution in [2.75, 3.05) is 7.11 Å². The SMILES string of the molecule is COC(=O)CCC=C(C)c1cccc(O)c1. The number of hydrogen-bond acceptors (Lipinski definition) is 3. The first-order valence-corrected chi connectivity index (χ1v) is 5.16. The van der Waals surface area contributed by atoms with Crippen LogP contribution in [0.25, 0.3) is 5.57 Å². The Bertz CT molecular complexity index is 394. The third kappa shape index (κ3) is 3.77. The molecule has 0 saturated carbocycles. The van der Waals surface area contributed by atoms with E-state index in [1.807, 2.05) is 19.1 Å². The lowest BCUT2D eigenvalue weighted by Gasteiger charge is -2.02. The van der Waals surface area contributed by atoms with Crippen molar-refractivity contribution in [2.45, 2.75) is 19.8 Å². The quantitative estimate of drug-likeness (QED) is 0.793. The predicted octanol–water partition coefficient (Wildman–Crippen LogP) is 2.75. The normalized spacial score (nSPS) is 11.2. The van der Waals surface area contributed by atoms with Gasteiger partial charge in [-0.15, -0.1) is 0 Å². The Morgan fingerprint density at radius 3 is 2.88 bits per heavy atom. The van der Waals surface area contributed by atoms with Crippen molar-refractivity contribution in [3.63, 3.8) is 0 Å². The molecule has 0 fully saturated rings. The van der Waals surface area contributed by atoms with Gasteiger partial charge >= 0.3 is 5.97 Å². The fourth-order valence-electron chi connectivity index (χ4n) is 1.38. The van der Waals surface area contributed by atoms with Crippen molar-refractivity contribution in [2.24, 2.45) is 0 Å². The van der Waals surface area contributed by atoms with Crippen molar-refractivity contribution >= 4 is 11.5 Å². The molecular formula is C13H16O3. The number of phenolic OH excluding ortho intramolecular Hbond substituents is 1. The summed E-state index contributed by atoms with van der Waals surface area (Å²) in [5, 5.41) is 9.31. The molecule has 0 aliphatic carbocycles. The Hall–Kier alpha value is -1.77. The van der Waals surface area contributed by atoms with Crippen LogP contribution >= 0.6 is 0 Å². The van der Waals surface area contributed by atoms with Crippen LogP contribution < -0.4 is 0 Å². The largest absolute Gasteiger partial charge is 0.508 e. The molecule has 0 aliphatic rings. The number of allylic oxidation sites excluding steroid dienone is 2. The molecule has 0 unspecified atom stereocenters. The van der Waals surface area contributed by atoms with Crippen LogP contribution in [0, 0.1) is 0 Å². The zero-order valence-corrected chi connectivity index (χ0v) is 9.56. The van der Waals surface area contributed by atoms with Gasteiger partial charge in [-0.2, -0.15) is 0 Å². The average molecular weight is 220 g/mol.